The second-order valence-electron chi connectivity index (χ2n) is 7.55. The van der Waals surface area contributed by atoms with Gasteiger partial charge in [0.15, 0.2) is 10.8 Å². The van der Waals surface area contributed by atoms with Gasteiger partial charge in [0.1, 0.15) is 5.52 Å². The molecule has 0 saturated heterocycles. The Labute approximate surface area is 179 Å². The molecule has 5 nitrogen and oxygen atoms in total. The second-order valence-corrected chi connectivity index (χ2v) is 8.49. The van der Waals surface area contributed by atoms with Gasteiger partial charge in [-0.05, 0) is 48.2 Å². The summed E-state index contributed by atoms with van der Waals surface area (Å²) < 4.78 is 2.15. The van der Waals surface area contributed by atoms with Gasteiger partial charge in [-0.1, -0.05) is 54.2 Å². The van der Waals surface area contributed by atoms with Crippen LogP contribution in [0, 0.1) is 0 Å². The van der Waals surface area contributed by atoms with Crippen molar-refractivity contribution in [1.82, 2.24) is 19.9 Å². The van der Waals surface area contributed by atoms with E-state index in [0.29, 0.717) is 18.2 Å². The molecule has 5 rings (SSSR count). The molecule has 0 spiro atoms. The zero-order chi connectivity index (χ0) is 20.3. The maximum atomic E-state index is 12.2. The van der Waals surface area contributed by atoms with Gasteiger partial charge < -0.3 is 5.32 Å². The van der Waals surface area contributed by atoms with Gasteiger partial charge in [-0.25, -0.2) is 9.97 Å². The summed E-state index contributed by atoms with van der Waals surface area (Å²) in [4.78, 5) is 21.6. The summed E-state index contributed by atoms with van der Waals surface area (Å²) in [5.74, 6) is 0.864. The molecule has 0 radical (unpaired) electrons. The van der Waals surface area contributed by atoms with Gasteiger partial charge in [0, 0.05) is 23.6 Å². The monoisotopic (exact) mass is 414 g/mol. The van der Waals surface area contributed by atoms with E-state index in [1.54, 1.807) is 18.0 Å². The lowest BCUT2D eigenvalue weighted by Crippen LogP contribution is -2.25. The quantitative estimate of drug-likeness (QED) is 0.447. The van der Waals surface area contributed by atoms with Gasteiger partial charge in [-0.3, -0.25) is 9.36 Å². The Morgan fingerprint density at radius 1 is 1.00 bits per heavy atom. The summed E-state index contributed by atoms with van der Waals surface area (Å²) in [5.41, 5.74) is 4.86. The van der Waals surface area contributed by atoms with Crippen molar-refractivity contribution < 1.29 is 4.79 Å². The second kappa shape index (κ2) is 8.32. The normalized spacial score (nSPS) is 13.5. The van der Waals surface area contributed by atoms with Crippen LogP contribution in [0.2, 0.25) is 0 Å². The van der Waals surface area contributed by atoms with E-state index in [0.717, 1.165) is 40.5 Å². The lowest BCUT2D eigenvalue weighted by Gasteiger charge is -2.10. The third-order valence-corrected chi connectivity index (χ3v) is 6.20. The number of amides is 1. The van der Waals surface area contributed by atoms with Crippen molar-refractivity contribution in [2.45, 2.75) is 36.3 Å². The molecule has 1 fully saturated rings. The molecule has 2 aromatic heterocycles. The molecule has 1 amide bonds. The molecule has 1 saturated carbocycles. The van der Waals surface area contributed by atoms with Gasteiger partial charge in [0.05, 0.1) is 6.54 Å². The van der Waals surface area contributed by atoms with E-state index in [2.05, 4.69) is 39.1 Å². The number of carbonyl (C=O) groups excluding carboxylic acids is 1. The van der Waals surface area contributed by atoms with E-state index in [4.69, 9.17) is 4.98 Å². The third kappa shape index (κ3) is 4.24. The van der Waals surface area contributed by atoms with E-state index in [1.807, 2.05) is 42.5 Å². The Balaban J connectivity index is 1.38. The van der Waals surface area contributed by atoms with Gasteiger partial charge >= 0.3 is 0 Å². The Morgan fingerprint density at radius 2 is 1.80 bits per heavy atom. The fraction of sp³-hybridized carbons (Fsp3) is 0.208. The lowest BCUT2D eigenvalue weighted by molar-refractivity contribution is 0.0951. The molecule has 150 valence electrons. The van der Waals surface area contributed by atoms with E-state index in [9.17, 15) is 4.79 Å². The fourth-order valence-corrected chi connectivity index (χ4v) is 4.31. The van der Waals surface area contributed by atoms with Crippen LogP contribution in [0.4, 0.5) is 0 Å². The molecule has 30 heavy (non-hydrogen) atoms. The molecule has 2 heterocycles. The zero-order valence-corrected chi connectivity index (χ0v) is 17.3. The largest absolute Gasteiger partial charge is 0.349 e. The number of fused-ring (bicyclic) bond motifs is 1. The van der Waals surface area contributed by atoms with Gasteiger partial charge in [-0.2, -0.15) is 0 Å². The number of nitrogens with zero attached hydrogens (tertiary/aromatic N) is 3. The SMILES string of the molecule is O=C(NC1CC1)c1ccc(Cn2c(SCc3ccccc3)nc3cccnc32)cc1. The number of hydrogen-bond acceptors (Lipinski definition) is 4. The number of aromatic nitrogens is 3. The molecule has 0 bridgehead atoms. The Bertz CT molecular complexity index is 1170. The van der Waals surface area contributed by atoms with Crippen LogP contribution < -0.4 is 5.32 Å². The van der Waals surface area contributed by atoms with Crippen molar-refractivity contribution in [3.63, 3.8) is 0 Å². The first-order valence-corrected chi connectivity index (χ1v) is 11.1. The molecule has 1 aliphatic rings. The van der Waals surface area contributed by atoms with Crippen LogP contribution in [0.15, 0.2) is 78.1 Å². The first-order chi connectivity index (χ1) is 14.8. The summed E-state index contributed by atoms with van der Waals surface area (Å²) in [7, 11) is 0. The smallest absolute Gasteiger partial charge is 0.251 e. The van der Waals surface area contributed by atoms with Crippen molar-refractivity contribution >= 4 is 28.8 Å². The summed E-state index contributed by atoms with van der Waals surface area (Å²) in [5, 5.41) is 3.98. The number of carbonyl (C=O) groups is 1. The van der Waals surface area contributed by atoms with Crippen LogP contribution in [0.3, 0.4) is 0 Å². The molecular formula is C24H22N4OS. The van der Waals surface area contributed by atoms with Crippen molar-refractivity contribution in [2.24, 2.45) is 0 Å². The number of thioether (sulfide) groups is 1. The van der Waals surface area contributed by atoms with Crippen LogP contribution in [0.25, 0.3) is 11.2 Å². The highest BCUT2D eigenvalue weighted by Gasteiger charge is 2.23. The minimum absolute atomic E-state index is 0.0119. The molecule has 0 aliphatic heterocycles. The predicted molar refractivity (Wildman–Crippen MR) is 120 cm³/mol. The van der Waals surface area contributed by atoms with Crippen LogP contribution >= 0.6 is 11.8 Å². The topological polar surface area (TPSA) is 59.8 Å². The average molecular weight is 415 g/mol. The highest BCUT2D eigenvalue weighted by molar-refractivity contribution is 7.98. The number of rotatable bonds is 7. The summed E-state index contributed by atoms with van der Waals surface area (Å²) in [6.07, 6.45) is 3.99. The summed E-state index contributed by atoms with van der Waals surface area (Å²) in [6.45, 7) is 0.662. The Kier molecular flexibility index (Phi) is 5.24. The van der Waals surface area contributed by atoms with Gasteiger partial charge in [-0.15, -0.1) is 0 Å². The molecular weight excluding hydrogens is 392 g/mol. The molecule has 1 aliphatic carbocycles. The van der Waals surface area contributed by atoms with Crippen LogP contribution in [-0.2, 0) is 12.3 Å². The first-order valence-electron chi connectivity index (χ1n) is 10.1. The van der Waals surface area contributed by atoms with Gasteiger partial charge in [0.25, 0.3) is 5.91 Å². The number of hydrogen-bond donors (Lipinski definition) is 1. The van der Waals surface area contributed by atoms with E-state index in [-0.39, 0.29) is 5.91 Å². The zero-order valence-electron chi connectivity index (χ0n) is 16.5. The minimum Gasteiger partial charge on any atom is -0.349 e. The molecule has 6 heteroatoms. The van der Waals surface area contributed by atoms with Crippen LogP contribution in [0.1, 0.15) is 34.3 Å². The van der Waals surface area contributed by atoms with E-state index in [1.165, 1.54) is 5.56 Å². The molecule has 1 N–H and O–H groups in total. The average Bonchev–Trinajstić information content (AvgIpc) is 3.54. The summed E-state index contributed by atoms with van der Waals surface area (Å²) >= 11 is 1.71. The standard InChI is InChI=1S/C24H22N4OS/c29-23(26-20-12-13-20)19-10-8-17(9-11-19)15-28-22-21(7-4-14-25-22)27-24(28)30-16-18-5-2-1-3-6-18/h1-11,14,20H,12-13,15-16H2,(H,26,29). The molecule has 0 atom stereocenters. The molecule has 0 unspecified atom stereocenters. The van der Waals surface area contributed by atoms with Crippen LogP contribution in [0.5, 0.6) is 0 Å². The molecule has 2 aromatic carbocycles. The number of pyridine rings is 1. The van der Waals surface area contributed by atoms with E-state index < -0.39 is 0 Å². The fourth-order valence-electron chi connectivity index (χ4n) is 3.35. The Hall–Kier alpha value is -3.12. The van der Waals surface area contributed by atoms with E-state index >= 15 is 0 Å². The number of imidazole rings is 1. The highest BCUT2D eigenvalue weighted by atomic mass is 32.2. The van der Waals surface area contributed by atoms with Crippen molar-refractivity contribution in [2.75, 3.05) is 0 Å². The third-order valence-electron chi connectivity index (χ3n) is 5.15. The van der Waals surface area contributed by atoms with Crippen molar-refractivity contribution in [3.8, 4) is 0 Å². The number of benzene rings is 2. The van der Waals surface area contributed by atoms with Crippen LogP contribution in [-0.4, -0.2) is 26.5 Å². The number of nitrogens with one attached hydrogen (secondary N) is 1. The Morgan fingerprint density at radius 3 is 2.57 bits per heavy atom. The summed E-state index contributed by atoms with van der Waals surface area (Å²) in [6, 6.07) is 22.5. The first kappa shape index (κ1) is 18.9. The van der Waals surface area contributed by atoms with Gasteiger partial charge in [0.2, 0.25) is 0 Å². The maximum absolute atomic E-state index is 12.2. The molecule has 4 aromatic rings. The van der Waals surface area contributed by atoms with Crippen molar-refractivity contribution in [1.29, 1.82) is 0 Å². The minimum atomic E-state index is 0.0119. The lowest BCUT2D eigenvalue weighted by atomic mass is 10.1. The maximum Gasteiger partial charge on any atom is 0.251 e. The predicted octanol–water partition coefficient (Wildman–Crippen LogP) is 4.66. The van der Waals surface area contributed by atoms with Crippen molar-refractivity contribution in [3.05, 3.63) is 89.6 Å². The highest BCUT2D eigenvalue weighted by Crippen LogP contribution is 2.27.